The Balaban J connectivity index is 0.955. The number of carboxylic acid groups (broad SMARTS) is 3. The number of fused-ring (bicyclic) bond motifs is 7. The van der Waals surface area contributed by atoms with Crippen molar-refractivity contribution in [3.8, 4) is 0 Å². The van der Waals surface area contributed by atoms with E-state index < -0.39 is 211 Å². The molecule has 27 nitrogen and oxygen atoms in total. The maximum Gasteiger partial charge on any atom is 0.335 e. The molecular formula is C55H82O27. The molecule has 4 saturated heterocycles. The number of aliphatic carboxylic acids is 3. The highest BCUT2D eigenvalue weighted by Crippen LogP contribution is 2.76. The number of carboxylic acids is 3. The third-order valence-electron chi connectivity index (χ3n) is 21.2. The normalized spacial score (nSPS) is 50.9. The van der Waals surface area contributed by atoms with Gasteiger partial charge in [0.1, 0.15) is 73.6 Å². The summed E-state index contributed by atoms with van der Waals surface area (Å²) >= 11 is 0. The summed E-state index contributed by atoms with van der Waals surface area (Å²) in [5, 5.41) is 140. The third kappa shape index (κ3) is 10.4. The molecule has 4 saturated carbocycles. The van der Waals surface area contributed by atoms with Gasteiger partial charge in [0.25, 0.3) is 0 Å². The van der Waals surface area contributed by atoms with Crippen LogP contribution in [-0.4, -0.2) is 232 Å². The fraction of sp³-hybridized carbons (Fsp3) is 0.873. The predicted molar refractivity (Wildman–Crippen MR) is 269 cm³/mol. The van der Waals surface area contributed by atoms with E-state index in [-0.39, 0.29) is 24.2 Å². The lowest BCUT2D eigenvalue weighted by atomic mass is 9.33. The fourth-order valence-corrected chi connectivity index (χ4v) is 16.4. The summed E-state index contributed by atoms with van der Waals surface area (Å²) < 4.78 is 51.9. The average molecular weight is 1180 g/mol. The number of rotatable bonds is 13. The molecule has 5 aliphatic carbocycles. The van der Waals surface area contributed by atoms with E-state index in [1.165, 1.54) is 13.8 Å². The van der Waals surface area contributed by atoms with Gasteiger partial charge in [-0.3, -0.25) is 19.2 Å². The van der Waals surface area contributed by atoms with E-state index in [1.807, 2.05) is 6.92 Å². The van der Waals surface area contributed by atoms with Gasteiger partial charge in [0.2, 0.25) is 6.29 Å². The lowest BCUT2D eigenvalue weighted by Crippen LogP contribution is -2.70. The highest BCUT2D eigenvalue weighted by atomic mass is 16.8. The summed E-state index contributed by atoms with van der Waals surface area (Å²) in [4.78, 5) is 65.1. The van der Waals surface area contributed by atoms with Gasteiger partial charge >= 0.3 is 29.8 Å². The first-order chi connectivity index (χ1) is 38.2. The molecule has 28 unspecified atom stereocenters. The van der Waals surface area contributed by atoms with Crippen molar-refractivity contribution in [1.29, 1.82) is 0 Å². The zero-order valence-corrected chi connectivity index (χ0v) is 46.9. The fourth-order valence-electron chi connectivity index (χ4n) is 16.4. The van der Waals surface area contributed by atoms with Crippen molar-refractivity contribution < 1.29 is 133 Å². The molecule has 0 amide bonds. The van der Waals surface area contributed by atoms with E-state index in [0.29, 0.717) is 44.9 Å². The maximum absolute atomic E-state index is 15.3. The zero-order valence-electron chi connectivity index (χ0n) is 46.9. The predicted octanol–water partition coefficient (Wildman–Crippen LogP) is -1.58. The molecule has 4 aliphatic heterocycles. The Labute approximate surface area is 472 Å². The Kier molecular flexibility index (Phi) is 17.3. The minimum Gasteiger partial charge on any atom is -0.481 e. The SMILES string of the molecule is CC1OC(OC2C(OC(=O)C34CCC(C)(C)CC3C3=CCC5C6(C)CC(O)C(OC7OC(C(=O)O)C(O)C(OC(=O)CC(=O)O)C7O)C(C)(C(=O)O)C6CCC5(C)C3(C)CC4)OCC(O)C2O)C(O)C(O)C1OC1OCC(O)C(O)C1O. The van der Waals surface area contributed by atoms with Crippen LogP contribution in [0.2, 0.25) is 0 Å². The van der Waals surface area contributed by atoms with Gasteiger partial charge < -0.3 is 109 Å². The number of carbonyl (C=O) groups excluding carboxylic acids is 2. The molecule has 9 aliphatic rings. The van der Waals surface area contributed by atoms with Crippen LogP contribution in [0.1, 0.15) is 113 Å². The first kappa shape index (κ1) is 62.9. The number of carbonyl (C=O) groups is 5. The van der Waals surface area contributed by atoms with Crippen molar-refractivity contribution in [3.63, 3.8) is 0 Å². The average Bonchev–Trinajstić information content (AvgIpc) is 1.01. The van der Waals surface area contributed by atoms with Crippen molar-refractivity contribution in [2.75, 3.05) is 13.2 Å². The largest absolute Gasteiger partial charge is 0.481 e. The standard InChI is InChI=1S/C55H82O27/c1-21-38(78-44-34(65)31(62)25(57)19-74-44)33(64)35(66)45(76-21)80-41-32(63)26(58)20-75-47(41)82-49(73)55-14-12-50(2,3)17-23(55)22-8-9-27-51(4)18-24(56)42(54(7,48(71)72)28(51)10-11-53(27,6)52(22,5)13-15-55)81-46-37(68)39(77-30(61)16-29(59)60)36(67)40(79-46)43(69)70/h8,21,23-28,31-42,44-47,56-58,62-68H,9-20H2,1-7H3,(H,59,60)(H,69,70)(H,71,72). The Morgan fingerprint density at radius 3 is 1.85 bits per heavy atom. The summed E-state index contributed by atoms with van der Waals surface area (Å²) in [6, 6.07) is 0. The Bertz CT molecular complexity index is 2460. The molecule has 0 aromatic rings. The Hall–Kier alpha value is -3.59. The summed E-state index contributed by atoms with van der Waals surface area (Å²) in [6.45, 7) is 12.5. The first-order valence-electron chi connectivity index (χ1n) is 28.3. The van der Waals surface area contributed by atoms with E-state index in [4.69, 9.17) is 47.7 Å². The van der Waals surface area contributed by atoms with Gasteiger partial charge in [-0.1, -0.05) is 46.3 Å². The van der Waals surface area contributed by atoms with Crippen LogP contribution in [-0.2, 0) is 66.6 Å². The number of hydrogen-bond donors (Lipinski definition) is 13. The van der Waals surface area contributed by atoms with E-state index in [9.17, 15) is 80.5 Å². The summed E-state index contributed by atoms with van der Waals surface area (Å²) in [7, 11) is 0. The highest BCUT2D eigenvalue weighted by Gasteiger charge is 2.73. The van der Waals surface area contributed by atoms with Gasteiger partial charge in [-0.2, -0.15) is 0 Å². The topological polar surface area (TPSA) is 431 Å². The number of allylic oxidation sites excluding steroid dienone is 2. The van der Waals surface area contributed by atoms with Crippen LogP contribution in [0.25, 0.3) is 0 Å². The van der Waals surface area contributed by atoms with Gasteiger partial charge in [-0.05, 0) is 111 Å². The van der Waals surface area contributed by atoms with Crippen molar-refractivity contribution in [3.05, 3.63) is 11.6 Å². The number of aliphatic hydroxyl groups is 10. The highest BCUT2D eigenvalue weighted by molar-refractivity contribution is 5.90. The van der Waals surface area contributed by atoms with Gasteiger partial charge in [0.15, 0.2) is 37.2 Å². The second kappa shape index (κ2) is 22.6. The van der Waals surface area contributed by atoms with Crippen LogP contribution in [0.4, 0.5) is 0 Å². The molecule has 0 radical (unpaired) electrons. The zero-order chi connectivity index (χ0) is 60.3. The molecule has 0 aromatic carbocycles. The van der Waals surface area contributed by atoms with Gasteiger partial charge in [0, 0.05) is 0 Å². The van der Waals surface area contributed by atoms with Crippen LogP contribution in [0, 0.1) is 50.2 Å². The van der Waals surface area contributed by atoms with E-state index in [2.05, 4.69) is 33.8 Å². The Morgan fingerprint density at radius 1 is 0.598 bits per heavy atom. The molecular weight excluding hydrogens is 1090 g/mol. The van der Waals surface area contributed by atoms with Gasteiger partial charge in [-0.15, -0.1) is 0 Å². The lowest BCUT2D eigenvalue weighted by molar-refractivity contribution is -0.368. The molecule has 28 atom stereocenters. The molecule has 9 rings (SSSR count). The second-order valence-corrected chi connectivity index (χ2v) is 26.4. The molecule has 13 N–H and O–H groups in total. The summed E-state index contributed by atoms with van der Waals surface area (Å²) in [6.07, 6.45) is -30.3. The van der Waals surface area contributed by atoms with Crippen LogP contribution in [0.3, 0.4) is 0 Å². The van der Waals surface area contributed by atoms with Crippen molar-refractivity contribution in [2.45, 2.75) is 235 Å². The van der Waals surface area contributed by atoms with Gasteiger partial charge in [0.05, 0.1) is 36.3 Å². The molecule has 0 aromatic heterocycles. The van der Waals surface area contributed by atoms with Crippen LogP contribution in [0.5, 0.6) is 0 Å². The van der Waals surface area contributed by atoms with E-state index in [0.717, 1.165) is 5.57 Å². The molecule has 27 heteroatoms. The minimum atomic E-state index is -2.21. The number of ether oxygens (including phenoxy) is 9. The Morgan fingerprint density at radius 2 is 1.21 bits per heavy atom. The summed E-state index contributed by atoms with van der Waals surface area (Å²) in [5.41, 5.74) is -4.45. The second-order valence-electron chi connectivity index (χ2n) is 26.4. The summed E-state index contributed by atoms with van der Waals surface area (Å²) in [5.74, 6) is -8.23. The minimum absolute atomic E-state index is 0.0288. The monoisotopic (exact) mass is 1170 g/mol. The molecule has 0 spiro atoms. The smallest absolute Gasteiger partial charge is 0.335 e. The van der Waals surface area contributed by atoms with Crippen LogP contribution < -0.4 is 0 Å². The van der Waals surface area contributed by atoms with Crippen molar-refractivity contribution in [1.82, 2.24) is 0 Å². The van der Waals surface area contributed by atoms with E-state index >= 15 is 4.79 Å². The molecule has 0 bridgehead atoms. The number of hydrogen-bond acceptors (Lipinski definition) is 24. The van der Waals surface area contributed by atoms with Gasteiger partial charge in [-0.25, -0.2) is 4.79 Å². The number of esters is 2. The molecule has 82 heavy (non-hydrogen) atoms. The van der Waals surface area contributed by atoms with Crippen molar-refractivity contribution >= 4 is 29.8 Å². The van der Waals surface area contributed by atoms with E-state index in [1.54, 1.807) is 0 Å². The first-order valence-corrected chi connectivity index (χ1v) is 28.3. The number of aliphatic hydroxyl groups excluding tert-OH is 10. The van der Waals surface area contributed by atoms with Crippen LogP contribution in [0.15, 0.2) is 11.6 Å². The molecule has 464 valence electrons. The van der Waals surface area contributed by atoms with Crippen LogP contribution >= 0.6 is 0 Å². The quantitative estimate of drug-likeness (QED) is 0.0428. The molecule has 4 heterocycles. The molecule has 8 fully saturated rings. The maximum atomic E-state index is 15.3. The third-order valence-corrected chi connectivity index (χ3v) is 21.2. The lowest BCUT2D eigenvalue weighted by Gasteiger charge is -2.71. The van der Waals surface area contributed by atoms with Crippen molar-refractivity contribution in [2.24, 2.45) is 50.2 Å².